The number of carbonyl (C=O) groups is 4. The Hall–Kier alpha value is -1.94. The predicted molar refractivity (Wildman–Crippen MR) is 446 cm³/mol. The van der Waals surface area contributed by atoms with Crippen molar-refractivity contribution < 1.29 is 80.2 Å². The van der Waals surface area contributed by atoms with Crippen LogP contribution in [0.15, 0.2) is 0 Å². The molecule has 0 saturated carbocycles. The highest BCUT2D eigenvalue weighted by Gasteiger charge is 2.30. The Kier molecular flexibility index (Phi) is 80.2. The molecule has 0 rings (SSSR count). The first kappa shape index (κ1) is 106. The van der Waals surface area contributed by atoms with E-state index in [0.29, 0.717) is 31.6 Å². The molecule has 19 heteroatoms. The Morgan fingerprint density at radius 1 is 0.250 bits per heavy atom. The second-order valence-corrected chi connectivity index (χ2v) is 35.4. The number of esters is 4. The smallest absolute Gasteiger partial charge is 0.462 e. The average molecular weight is 1580 g/mol. The highest BCUT2D eigenvalue weighted by atomic mass is 31.2. The molecule has 0 aliphatic heterocycles. The van der Waals surface area contributed by atoms with Gasteiger partial charge < -0.3 is 33.8 Å². The van der Waals surface area contributed by atoms with Crippen molar-refractivity contribution in [2.75, 3.05) is 39.6 Å². The van der Waals surface area contributed by atoms with Crippen LogP contribution in [0.5, 0.6) is 0 Å². The van der Waals surface area contributed by atoms with Gasteiger partial charge in [0.15, 0.2) is 12.2 Å². The molecule has 17 nitrogen and oxygen atoms in total. The first-order valence-corrected chi connectivity index (χ1v) is 49.1. The molecule has 0 aromatic rings. The number of hydrogen-bond acceptors (Lipinski definition) is 15. The van der Waals surface area contributed by atoms with E-state index in [1.807, 2.05) is 0 Å². The summed E-state index contributed by atoms with van der Waals surface area (Å²) in [4.78, 5) is 73.3. The molecule has 0 heterocycles. The predicted octanol–water partition coefficient (Wildman–Crippen LogP) is 27.5. The molecule has 2 unspecified atom stereocenters. The Bertz CT molecular complexity index is 2050. The molecule has 0 amide bonds. The van der Waals surface area contributed by atoms with Crippen molar-refractivity contribution >= 4 is 39.5 Å². The molecule has 0 aromatic heterocycles. The third-order valence-corrected chi connectivity index (χ3v) is 22.9. The zero-order valence-corrected chi connectivity index (χ0v) is 72.8. The van der Waals surface area contributed by atoms with E-state index in [0.717, 1.165) is 96.3 Å². The summed E-state index contributed by atoms with van der Waals surface area (Å²) >= 11 is 0. The molecule has 0 spiro atoms. The lowest BCUT2D eigenvalue weighted by Gasteiger charge is -2.21. The maximum atomic E-state index is 13.2. The third kappa shape index (κ3) is 82.1. The Labute approximate surface area is 664 Å². The minimum atomic E-state index is -4.97. The zero-order chi connectivity index (χ0) is 79.0. The zero-order valence-electron chi connectivity index (χ0n) is 71.0. The van der Waals surface area contributed by atoms with Gasteiger partial charge in [-0.1, -0.05) is 433 Å². The van der Waals surface area contributed by atoms with E-state index in [-0.39, 0.29) is 25.7 Å². The molecular formula is C89H174O17P2. The van der Waals surface area contributed by atoms with Crippen molar-refractivity contribution in [2.24, 2.45) is 5.92 Å². The number of phosphoric acid groups is 2. The monoisotopic (exact) mass is 1580 g/mol. The molecule has 0 aliphatic rings. The van der Waals surface area contributed by atoms with Crippen molar-refractivity contribution in [2.45, 2.75) is 502 Å². The van der Waals surface area contributed by atoms with Crippen LogP contribution in [0, 0.1) is 5.92 Å². The SMILES string of the molecule is CCCCCCCCCCCCCCCCCCCCCCCCC(=O)O[C@H](COC(=O)CCCCCCCCCCCCCCCCCCCCC)COP(=O)(O)OC[C@@H](O)COP(=O)(O)OC[C@@H](COC(=O)CCCCCCCCC(C)C)OC(=O)CCCCCCCCCCCCCCCCCCCC. The Morgan fingerprint density at radius 2 is 0.426 bits per heavy atom. The Morgan fingerprint density at radius 3 is 0.630 bits per heavy atom. The van der Waals surface area contributed by atoms with Gasteiger partial charge in [0.1, 0.15) is 19.3 Å². The minimum absolute atomic E-state index is 0.108. The first-order valence-electron chi connectivity index (χ1n) is 46.1. The van der Waals surface area contributed by atoms with Crippen LogP contribution in [0.25, 0.3) is 0 Å². The lowest BCUT2D eigenvalue weighted by molar-refractivity contribution is -0.161. The number of hydrogen-bond donors (Lipinski definition) is 3. The van der Waals surface area contributed by atoms with E-state index in [4.69, 9.17) is 37.0 Å². The van der Waals surface area contributed by atoms with Gasteiger partial charge in [-0.05, 0) is 31.6 Å². The van der Waals surface area contributed by atoms with Gasteiger partial charge >= 0.3 is 39.5 Å². The second kappa shape index (κ2) is 81.6. The molecule has 0 radical (unpaired) electrons. The highest BCUT2D eigenvalue weighted by Crippen LogP contribution is 2.45. The lowest BCUT2D eigenvalue weighted by Crippen LogP contribution is -2.30. The van der Waals surface area contributed by atoms with E-state index in [2.05, 4.69) is 34.6 Å². The van der Waals surface area contributed by atoms with Gasteiger partial charge in [0, 0.05) is 25.7 Å². The summed E-state index contributed by atoms with van der Waals surface area (Å²) in [6.45, 7) is 7.30. The summed E-state index contributed by atoms with van der Waals surface area (Å²) in [7, 11) is -9.93. The van der Waals surface area contributed by atoms with Gasteiger partial charge in [-0.3, -0.25) is 37.3 Å². The van der Waals surface area contributed by atoms with Crippen LogP contribution in [0.3, 0.4) is 0 Å². The molecule has 0 bridgehead atoms. The van der Waals surface area contributed by atoms with Gasteiger partial charge in [-0.15, -0.1) is 0 Å². The molecule has 0 aliphatic carbocycles. The average Bonchev–Trinajstić information content (AvgIpc) is 0.901. The minimum Gasteiger partial charge on any atom is -0.462 e. The van der Waals surface area contributed by atoms with Crippen molar-refractivity contribution in [3.8, 4) is 0 Å². The molecule has 0 fully saturated rings. The lowest BCUT2D eigenvalue weighted by atomic mass is 10.0. The van der Waals surface area contributed by atoms with Crippen LogP contribution in [-0.4, -0.2) is 96.7 Å². The number of aliphatic hydroxyl groups is 1. The summed E-state index contributed by atoms with van der Waals surface area (Å²) in [5, 5.41) is 10.7. The topological polar surface area (TPSA) is 237 Å². The number of phosphoric ester groups is 2. The van der Waals surface area contributed by atoms with Gasteiger partial charge in [-0.25, -0.2) is 9.13 Å². The quantitative estimate of drug-likeness (QED) is 0.0222. The molecule has 5 atom stereocenters. The van der Waals surface area contributed by atoms with Crippen LogP contribution in [0.4, 0.5) is 0 Å². The van der Waals surface area contributed by atoms with E-state index in [9.17, 15) is 43.2 Å². The fourth-order valence-corrected chi connectivity index (χ4v) is 15.6. The van der Waals surface area contributed by atoms with Crippen molar-refractivity contribution in [3.05, 3.63) is 0 Å². The molecule has 108 heavy (non-hydrogen) atoms. The maximum absolute atomic E-state index is 13.2. The van der Waals surface area contributed by atoms with Crippen LogP contribution >= 0.6 is 15.6 Å². The van der Waals surface area contributed by atoms with Crippen molar-refractivity contribution in [1.82, 2.24) is 0 Å². The molecular weight excluding hydrogens is 1400 g/mol. The van der Waals surface area contributed by atoms with Crippen LogP contribution in [0.2, 0.25) is 0 Å². The number of aliphatic hydroxyl groups excluding tert-OH is 1. The summed E-state index contributed by atoms with van der Waals surface area (Å²) < 4.78 is 68.9. The summed E-state index contributed by atoms with van der Waals surface area (Å²) in [6.07, 6.45) is 76.8. The number of unbranched alkanes of at least 4 members (excludes halogenated alkanes) is 61. The van der Waals surface area contributed by atoms with E-state index in [1.165, 1.54) is 302 Å². The van der Waals surface area contributed by atoms with E-state index >= 15 is 0 Å². The fourth-order valence-electron chi connectivity index (χ4n) is 14.0. The van der Waals surface area contributed by atoms with Crippen LogP contribution < -0.4 is 0 Å². The summed E-state index contributed by atoms with van der Waals surface area (Å²) in [5.41, 5.74) is 0. The number of rotatable bonds is 89. The van der Waals surface area contributed by atoms with Crippen LogP contribution in [-0.2, 0) is 65.4 Å². The van der Waals surface area contributed by atoms with Gasteiger partial charge in [0.2, 0.25) is 0 Å². The second-order valence-electron chi connectivity index (χ2n) is 32.5. The molecule has 3 N–H and O–H groups in total. The number of ether oxygens (including phenoxy) is 4. The van der Waals surface area contributed by atoms with E-state index < -0.39 is 97.5 Å². The van der Waals surface area contributed by atoms with Crippen molar-refractivity contribution in [1.29, 1.82) is 0 Å². The first-order chi connectivity index (χ1) is 52.5. The maximum Gasteiger partial charge on any atom is 0.472 e. The molecule has 0 saturated heterocycles. The van der Waals surface area contributed by atoms with Gasteiger partial charge in [0.25, 0.3) is 0 Å². The van der Waals surface area contributed by atoms with Crippen molar-refractivity contribution in [3.63, 3.8) is 0 Å². The Balaban J connectivity index is 5.19. The van der Waals surface area contributed by atoms with Gasteiger partial charge in [0.05, 0.1) is 26.4 Å². The van der Waals surface area contributed by atoms with E-state index in [1.54, 1.807) is 0 Å². The standard InChI is InChI=1S/C89H174O17P2/c1-6-9-12-15-18-21-24-27-30-33-36-37-38-40-43-46-49-52-55-58-65-69-74-88(93)105-84(78-99-86(91)72-67-62-56-53-50-47-44-42-39-34-31-28-25-22-19-16-13-10-7-2)80-103-107(95,96)101-76-83(90)77-102-108(97,98)104-81-85(79-100-87(92)73-68-63-60-59-61-66-71-82(4)5)106-89(94)75-70-64-57-54-51-48-45-41-35-32-29-26-23-20-17-14-11-8-3/h82-85,90H,6-81H2,1-5H3,(H,95,96)(H,97,98)/t83-,84-,85-/m1/s1. The summed E-state index contributed by atoms with van der Waals surface area (Å²) in [5.74, 6) is -1.42. The fraction of sp³-hybridized carbons (Fsp3) is 0.955. The number of carbonyl (C=O) groups excluding carboxylic acids is 4. The third-order valence-electron chi connectivity index (χ3n) is 21.0. The normalized spacial score (nSPS) is 13.7. The highest BCUT2D eigenvalue weighted by molar-refractivity contribution is 7.47. The van der Waals surface area contributed by atoms with Crippen LogP contribution in [0.1, 0.15) is 484 Å². The largest absolute Gasteiger partial charge is 0.472 e. The van der Waals surface area contributed by atoms with Gasteiger partial charge in [-0.2, -0.15) is 0 Å². The molecule has 642 valence electrons. The summed E-state index contributed by atoms with van der Waals surface area (Å²) in [6, 6.07) is 0. The molecule has 0 aromatic carbocycles.